The lowest BCUT2D eigenvalue weighted by molar-refractivity contribution is 0.174. The minimum atomic E-state index is -0.213. The number of carbonyl (C=O) groups excluding carboxylic acids is 1. The van der Waals surface area contributed by atoms with Gasteiger partial charge < -0.3 is 20.1 Å². The van der Waals surface area contributed by atoms with Crippen molar-refractivity contribution < 1.29 is 14.3 Å². The molecule has 0 spiro atoms. The third-order valence-electron chi connectivity index (χ3n) is 5.01. The van der Waals surface area contributed by atoms with Crippen molar-refractivity contribution in [3.05, 3.63) is 52.5 Å². The van der Waals surface area contributed by atoms with Crippen molar-refractivity contribution in [1.29, 1.82) is 0 Å². The van der Waals surface area contributed by atoms with Crippen molar-refractivity contribution in [2.45, 2.75) is 31.2 Å². The predicted molar refractivity (Wildman–Crippen MR) is 99.2 cm³/mol. The molecular weight excluding hydrogens is 384 g/mol. The highest BCUT2D eigenvalue weighted by atomic mass is 79.9. The number of anilines is 1. The number of hydrogen-bond acceptors (Lipinski definition) is 3. The molecule has 4 rings (SSSR count). The van der Waals surface area contributed by atoms with Crippen LogP contribution < -0.4 is 20.1 Å². The van der Waals surface area contributed by atoms with Gasteiger partial charge in [-0.25, -0.2) is 4.79 Å². The van der Waals surface area contributed by atoms with Gasteiger partial charge in [0.2, 0.25) is 6.79 Å². The quantitative estimate of drug-likeness (QED) is 0.795. The molecule has 2 amide bonds. The summed E-state index contributed by atoms with van der Waals surface area (Å²) in [4.78, 5) is 12.4. The molecule has 2 N–H and O–H groups in total. The molecule has 6 heteroatoms. The fraction of sp³-hybridized carbons (Fsp3) is 0.316. The van der Waals surface area contributed by atoms with Crippen LogP contribution in [0.25, 0.3) is 0 Å². The van der Waals surface area contributed by atoms with Gasteiger partial charge in [0, 0.05) is 27.7 Å². The van der Waals surface area contributed by atoms with Gasteiger partial charge in [-0.2, -0.15) is 0 Å². The van der Waals surface area contributed by atoms with Gasteiger partial charge in [0.1, 0.15) is 0 Å². The SMILES string of the molecule is CC(NC(=O)Nc1ccc2c(c1)OCO2)C1(c2ccc(Br)cc2)CC1. The maximum atomic E-state index is 12.4. The predicted octanol–water partition coefficient (Wildman–Crippen LogP) is 4.42. The van der Waals surface area contributed by atoms with Crippen LogP contribution in [0.5, 0.6) is 11.5 Å². The number of benzene rings is 2. The molecule has 0 saturated heterocycles. The van der Waals surface area contributed by atoms with Crippen LogP contribution in [0.1, 0.15) is 25.3 Å². The van der Waals surface area contributed by atoms with E-state index in [2.05, 4.69) is 57.8 Å². The lowest BCUT2D eigenvalue weighted by atomic mass is 9.89. The third-order valence-corrected chi connectivity index (χ3v) is 5.54. The number of urea groups is 1. The molecule has 5 nitrogen and oxygen atoms in total. The molecule has 1 atom stereocenters. The Morgan fingerprint density at radius 2 is 1.84 bits per heavy atom. The largest absolute Gasteiger partial charge is 0.454 e. The molecule has 1 heterocycles. The highest BCUT2D eigenvalue weighted by Crippen LogP contribution is 2.51. The molecule has 25 heavy (non-hydrogen) atoms. The maximum Gasteiger partial charge on any atom is 0.319 e. The van der Waals surface area contributed by atoms with Crippen LogP contribution in [0.3, 0.4) is 0 Å². The second-order valence-electron chi connectivity index (χ2n) is 6.55. The van der Waals surface area contributed by atoms with E-state index in [0.29, 0.717) is 17.2 Å². The molecule has 0 aromatic heterocycles. The van der Waals surface area contributed by atoms with Crippen molar-refractivity contribution in [3.8, 4) is 11.5 Å². The van der Waals surface area contributed by atoms with Gasteiger partial charge in [-0.05, 0) is 49.6 Å². The Bertz CT molecular complexity index is 803. The molecule has 2 aliphatic rings. The van der Waals surface area contributed by atoms with E-state index in [1.807, 2.05) is 0 Å². The van der Waals surface area contributed by atoms with Crippen LogP contribution in [0.2, 0.25) is 0 Å². The van der Waals surface area contributed by atoms with Crippen molar-refractivity contribution >= 4 is 27.6 Å². The summed E-state index contributed by atoms with van der Waals surface area (Å²) in [5.41, 5.74) is 1.99. The standard InChI is InChI=1S/C19H19BrN2O3/c1-12(19(8-9-19)13-2-4-14(20)5-3-13)21-18(23)22-15-6-7-16-17(10-15)25-11-24-16/h2-7,10,12H,8-9,11H2,1H3,(H2,21,22,23). The first kappa shape index (κ1) is 16.3. The number of ether oxygens (including phenoxy) is 2. The Labute approximate surface area is 154 Å². The van der Waals surface area contributed by atoms with Gasteiger partial charge in [-0.15, -0.1) is 0 Å². The van der Waals surface area contributed by atoms with Gasteiger partial charge in [0.05, 0.1) is 0 Å². The van der Waals surface area contributed by atoms with E-state index in [9.17, 15) is 4.79 Å². The second-order valence-corrected chi connectivity index (χ2v) is 7.47. The first-order valence-electron chi connectivity index (χ1n) is 8.30. The first-order chi connectivity index (χ1) is 12.1. The van der Waals surface area contributed by atoms with Gasteiger partial charge >= 0.3 is 6.03 Å². The Balaban J connectivity index is 1.41. The zero-order chi connectivity index (χ0) is 17.4. The van der Waals surface area contributed by atoms with Crippen molar-refractivity contribution in [2.75, 3.05) is 12.1 Å². The minimum absolute atomic E-state index is 0.0346. The van der Waals surface area contributed by atoms with Crippen LogP contribution in [0.15, 0.2) is 46.9 Å². The fourth-order valence-electron chi connectivity index (χ4n) is 3.36. The van der Waals surface area contributed by atoms with E-state index in [4.69, 9.17) is 9.47 Å². The van der Waals surface area contributed by atoms with Crippen molar-refractivity contribution in [1.82, 2.24) is 5.32 Å². The molecule has 0 bridgehead atoms. The van der Waals surface area contributed by atoms with E-state index in [-0.39, 0.29) is 24.3 Å². The molecule has 1 aliphatic heterocycles. The summed E-state index contributed by atoms with van der Waals surface area (Å²) >= 11 is 3.47. The highest BCUT2D eigenvalue weighted by Gasteiger charge is 2.49. The average molecular weight is 403 g/mol. The van der Waals surface area contributed by atoms with Crippen LogP contribution >= 0.6 is 15.9 Å². The number of rotatable bonds is 4. The maximum absolute atomic E-state index is 12.4. The van der Waals surface area contributed by atoms with Gasteiger partial charge in [0.25, 0.3) is 0 Å². The summed E-state index contributed by atoms with van der Waals surface area (Å²) in [5, 5.41) is 5.95. The zero-order valence-corrected chi connectivity index (χ0v) is 15.4. The number of carbonyl (C=O) groups is 1. The molecule has 0 radical (unpaired) electrons. The van der Waals surface area contributed by atoms with E-state index in [1.54, 1.807) is 18.2 Å². The van der Waals surface area contributed by atoms with Crippen molar-refractivity contribution in [2.24, 2.45) is 0 Å². The second kappa shape index (κ2) is 6.26. The summed E-state index contributed by atoms with van der Waals surface area (Å²) in [6, 6.07) is 13.6. The lowest BCUT2D eigenvalue weighted by Crippen LogP contribution is -2.43. The van der Waals surface area contributed by atoms with Crippen LogP contribution in [0, 0.1) is 0 Å². The van der Waals surface area contributed by atoms with E-state index < -0.39 is 0 Å². The summed E-state index contributed by atoms with van der Waals surface area (Å²) in [6.07, 6.45) is 2.17. The number of fused-ring (bicyclic) bond motifs is 1. The first-order valence-corrected chi connectivity index (χ1v) is 9.09. The molecule has 2 aromatic rings. The summed E-state index contributed by atoms with van der Waals surface area (Å²) in [5.74, 6) is 1.35. The Hall–Kier alpha value is -2.21. The number of nitrogens with one attached hydrogen (secondary N) is 2. The van der Waals surface area contributed by atoms with Crippen molar-refractivity contribution in [3.63, 3.8) is 0 Å². The molecular formula is C19H19BrN2O3. The van der Waals surface area contributed by atoms with Crippen LogP contribution in [0.4, 0.5) is 10.5 Å². The van der Waals surface area contributed by atoms with Crippen LogP contribution in [-0.4, -0.2) is 18.9 Å². The fourth-order valence-corrected chi connectivity index (χ4v) is 3.63. The van der Waals surface area contributed by atoms with E-state index in [0.717, 1.165) is 17.3 Å². The summed E-state index contributed by atoms with van der Waals surface area (Å²) in [6.45, 7) is 2.28. The lowest BCUT2D eigenvalue weighted by Gasteiger charge is -2.25. The summed E-state index contributed by atoms with van der Waals surface area (Å²) in [7, 11) is 0. The topological polar surface area (TPSA) is 59.6 Å². The zero-order valence-electron chi connectivity index (χ0n) is 13.8. The number of halogens is 1. The highest BCUT2D eigenvalue weighted by molar-refractivity contribution is 9.10. The molecule has 2 aromatic carbocycles. The molecule has 1 fully saturated rings. The third kappa shape index (κ3) is 3.18. The minimum Gasteiger partial charge on any atom is -0.454 e. The average Bonchev–Trinajstić information content (AvgIpc) is 3.27. The molecule has 1 unspecified atom stereocenters. The Kier molecular flexibility index (Phi) is 4.07. The monoisotopic (exact) mass is 402 g/mol. The number of hydrogen-bond donors (Lipinski definition) is 2. The Morgan fingerprint density at radius 1 is 1.12 bits per heavy atom. The molecule has 130 valence electrons. The van der Waals surface area contributed by atoms with E-state index in [1.165, 1.54) is 5.56 Å². The van der Waals surface area contributed by atoms with Gasteiger partial charge in [0.15, 0.2) is 11.5 Å². The molecule has 1 aliphatic carbocycles. The normalized spacial score (nSPS) is 17.7. The van der Waals surface area contributed by atoms with Gasteiger partial charge in [-0.1, -0.05) is 28.1 Å². The van der Waals surface area contributed by atoms with E-state index >= 15 is 0 Å². The summed E-state index contributed by atoms with van der Waals surface area (Å²) < 4.78 is 11.7. The molecule has 1 saturated carbocycles. The Morgan fingerprint density at radius 3 is 2.56 bits per heavy atom. The number of amides is 2. The smallest absolute Gasteiger partial charge is 0.319 e. The van der Waals surface area contributed by atoms with Crippen LogP contribution in [-0.2, 0) is 5.41 Å². The van der Waals surface area contributed by atoms with Gasteiger partial charge in [-0.3, -0.25) is 0 Å².